The molecular weight excluding hydrogens is 324 g/mol. The van der Waals surface area contributed by atoms with Crippen molar-refractivity contribution in [2.75, 3.05) is 7.11 Å². The number of fused-ring (bicyclic) bond motifs is 1. The maximum absolute atomic E-state index is 5.25. The fourth-order valence-corrected chi connectivity index (χ4v) is 3.99. The summed E-state index contributed by atoms with van der Waals surface area (Å²) in [5, 5.41) is 0. The van der Waals surface area contributed by atoms with Gasteiger partial charge in [0.2, 0.25) is 5.88 Å². The molecule has 0 radical (unpaired) electrons. The third-order valence-electron chi connectivity index (χ3n) is 5.44. The molecular formula is C21H26N4O. The molecule has 5 nitrogen and oxygen atoms in total. The summed E-state index contributed by atoms with van der Waals surface area (Å²) < 4.78 is 7.66. The van der Waals surface area contributed by atoms with Crippen molar-refractivity contribution >= 4 is 11.2 Å². The van der Waals surface area contributed by atoms with Crippen LogP contribution in [0, 0.1) is 12.8 Å². The lowest BCUT2D eigenvalue weighted by molar-refractivity contribution is 0.397. The summed E-state index contributed by atoms with van der Waals surface area (Å²) in [6.45, 7) is 6.47. The van der Waals surface area contributed by atoms with Crippen molar-refractivity contribution in [1.29, 1.82) is 0 Å². The number of nitrogens with zero attached hydrogens (tertiary/aromatic N) is 4. The van der Waals surface area contributed by atoms with E-state index in [4.69, 9.17) is 14.7 Å². The standard InChI is InChI=1S/C21H26N4O/c1-5-17(14-7-8-14)25-18(6-2)24-20-16(11-12-22-21(20)25)15-9-10-19(26-4)23-13(15)3/h9-12,14,17H,5-8H2,1-4H3. The van der Waals surface area contributed by atoms with E-state index in [1.807, 2.05) is 25.3 Å². The Morgan fingerprint density at radius 1 is 1.15 bits per heavy atom. The van der Waals surface area contributed by atoms with Gasteiger partial charge in [-0.25, -0.2) is 15.0 Å². The van der Waals surface area contributed by atoms with Crippen LogP contribution in [0.1, 0.15) is 50.7 Å². The summed E-state index contributed by atoms with van der Waals surface area (Å²) in [6, 6.07) is 6.53. The first-order valence-corrected chi connectivity index (χ1v) is 9.55. The van der Waals surface area contributed by atoms with Gasteiger partial charge < -0.3 is 9.30 Å². The SMILES string of the molecule is CCc1nc2c(-c3ccc(OC)nc3C)ccnc2n1C(CC)C1CC1. The lowest BCUT2D eigenvalue weighted by Gasteiger charge is -2.19. The van der Waals surface area contributed by atoms with Crippen LogP contribution in [-0.2, 0) is 6.42 Å². The average Bonchev–Trinajstić information content (AvgIpc) is 3.43. The van der Waals surface area contributed by atoms with Gasteiger partial charge in [0.25, 0.3) is 0 Å². The van der Waals surface area contributed by atoms with Crippen molar-refractivity contribution in [2.24, 2.45) is 5.92 Å². The summed E-state index contributed by atoms with van der Waals surface area (Å²) in [4.78, 5) is 14.3. The molecule has 1 fully saturated rings. The first-order chi connectivity index (χ1) is 12.7. The van der Waals surface area contributed by atoms with E-state index in [0.29, 0.717) is 11.9 Å². The average molecular weight is 350 g/mol. The topological polar surface area (TPSA) is 52.8 Å². The Kier molecular flexibility index (Phi) is 4.39. The molecule has 1 saturated carbocycles. The summed E-state index contributed by atoms with van der Waals surface area (Å²) in [7, 11) is 1.64. The molecule has 1 atom stereocenters. The molecule has 0 aromatic carbocycles. The molecule has 0 spiro atoms. The normalized spacial score (nSPS) is 15.4. The predicted octanol–water partition coefficient (Wildman–Crippen LogP) is 4.73. The molecule has 1 aliphatic carbocycles. The fraction of sp³-hybridized carbons (Fsp3) is 0.476. The number of pyridine rings is 2. The molecule has 5 heteroatoms. The van der Waals surface area contributed by atoms with Crippen molar-refractivity contribution in [3.05, 3.63) is 35.9 Å². The van der Waals surface area contributed by atoms with Gasteiger partial charge in [0.05, 0.1) is 7.11 Å². The van der Waals surface area contributed by atoms with Crippen LogP contribution < -0.4 is 4.74 Å². The van der Waals surface area contributed by atoms with Crippen LogP contribution in [0.25, 0.3) is 22.3 Å². The molecule has 0 N–H and O–H groups in total. The number of hydrogen-bond donors (Lipinski definition) is 0. The summed E-state index contributed by atoms with van der Waals surface area (Å²) in [6.07, 6.45) is 6.58. The molecule has 3 aromatic heterocycles. The number of aryl methyl sites for hydroxylation is 2. The highest BCUT2D eigenvalue weighted by atomic mass is 16.5. The number of aromatic nitrogens is 4. The minimum Gasteiger partial charge on any atom is -0.481 e. The Labute approximate surface area is 154 Å². The van der Waals surface area contributed by atoms with E-state index in [1.54, 1.807) is 7.11 Å². The maximum Gasteiger partial charge on any atom is 0.213 e. The fourth-order valence-electron chi connectivity index (χ4n) is 3.99. The lowest BCUT2D eigenvalue weighted by Crippen LogP contribution is -2.13. The minimum absolute atomic E-state index is 0.507. The Morgan fingerprint density at radius 3 is 2.58 bits per heavy atom. The van der Waals surface area contributed by atoms with Crippen LogP contribution in [0.3, 0.4) is 0 Å². The Hall–Kier alpha value is -2.43. The summed E-state index contributed by atoms with van der Waals surface area (Å²) in [5.41, 5.74) is 5.12. The highest BCUT2D eigenvalue weighted by molar-refractivity contribution is 5.91. The molecule has 0 bridgehead atoms. The second-order valence-corrected chi connectivity index (χ2v) is 7.08. The van der Waals surface area contributed by atoms with E-state index in [-0.39, 0.29) is 0 Å². The molecule has 26 heavy (non-hydrogen) atoms. The summed E-state index contributed by atoms with van der Waals surface area (Å²) >= 11 is 0. The third kappa shape index (κ3) is 2.75. The quantitative estimate of drug-likeness (QED) is 0.645. The smallest absolute Gasteiger partial charge is 0.213 e. The lowest BCUT2D eigenvalue weighted by atomic mass is 10.0. The molecule has 1 unspecified atom stereocenters. The molecule has 4 rings (SSSR count). The molecule has 3 heterocycles. The van der Waals surface area contributed by atoms with Crippen LogP contribution in [0.2, 0.25) is 0 Å². The van der Waals surface area contributed by atoms with Crippen LogP contribution in [0.4, 0.5) is 0 Å². The van der Waals surface area contributed by atoms with E-state index >= 15 is 0 Å². The van der Waals surface area contributed by atoms with Gasteiger partial charge >= 0.3 is 0 Å². The molecule has 0 saturated heterocycles. The van der Waals surface area contributed by atoms with E-state index in [9.17, 15) is 0 Å². The van der Waals surface area contributed by atoms with Crippen molar-refractivity contribution in [2.45, 2.75) is 52.5 Å². The zero-order valence-corrected chi connectivity index (χ0v) is 16.0. The van der Waals surface area contributed by atoms with Gasteiger partial charge in [0.1, 0.15) is 11.3 Å². The minimum atomic E-state index is 0.507. The second-order valence-electron chi connectivity index (χ2n) is 7.08. The third-order valence-corrected chi connectivity index (χ3v) is 5.44. The van der Waals surface area contributed by atoms with Gasteiger partial charge in [-0.1, -0.05) is 13.8 Å². The largest absolute Gasteiger partial charge is 0.481 e. The van der Waals surface area contributed by atoms with E-state index in [0.717, 1.165) is 52.6 Å². The Morgan fingerprint density at radius 2 is 1.96 bits per heavy atom. The van der Waals surface area contributed by atoms with Crippen LogP contribution in [-0.4, -0.2) is 26.6 Å². The number of ether oxygens (including phenoxy) is 1. The van der Waals surface area contributed by atoms with Crippen molar-refractivity contribution in [1.82, 2.24) is 19.5 Å². The van der Waals surface area contributed by atoms with E-state index < -0.39 is 0 Å². The Bertz CT molecular complexity index is 943. The van der Waals surface area contributed by atoms with Gasteiger partial charge in [-0.05, 0) is 44.2 Å². The predicted molar refractivity (Wildman–Crippen MR) is 103 cm³/mol. The maximum atomic E-state index is 5.25. The monoisotopic (exact) mass is 350 g/mol. The highest BCUT2D eigenvalue weighted by Crippen LogP contribution is 2.43. The van der Waals surface area contributed by atoms with Crippen molar-refractivity contribution in [3.63, 3.8) is 0 Å². The van der Waals surface area contributed by atoms with Crippen LogP contribution in [0.5, 0.6) is 5.88 Å². The molecule has 1 aliphatic rings. The van der Waals surface area contributed by atoms with Gasteiger partial charge in [-0.15, -0.1) is 0 Å². The van der Waals surface area contributed by atoms with Crippen LogP contribution in [0.15, 0.2) is 24.4 Å². The van der Waals surface area contributed by atoms with Gasteiger partial charge in [0, 0.05) is 41.5 Å². The second kappa shape index (κ2) is 6.71. The summed E-state index contributed by atoms with van der Waals surface area (Å²) in [5.74, 6) is 2.55. The first kappa shape index (κ1) is 17.0. The molecule has 136 valence electrons. The molecule has 0 aliphatic heterocycles. The van der Waals surface area contributed by atoms with Gasteiger partial charge in [-0.3, -0.25) is 0 Å². The Balaban J connectivity index is 1.91. The van der Waals surface area contributed by atoms with E-state index in [2.05, 4.69) is 29.5 Å². The highest BCUT2D eigenvalue weighted by Gasteiger charge is 2.33. The number of hydrogen-bond acceptors (Lipinski definition) is 4. The zero-order chi connectivity index (χ0) is 18.3. The van der Waals surface area contributed by atoms with Crippen molar-refractivity contribution < 1.29 is 4.74 Å². The molecule has 0 amide bonds. The van der Waals surface area contributed by atoms with Gasteiger partial charge in [-0.2, -0.15) is 0 Å². The van der Waals surface area contributed by atoms with E-state index in [1.165, 1.54) is 12.8 Å². The number of rotatable bonds is 6. The van der Waals surface area contributed by atoms with Crippen molar-refractivity contribution in [3.8, 4) is 17.0 Å². The number of imidazole rings is 1. The number of methoxy groups -OCH3 is 1. The molecule has 3 aromatic rings. The zero-order valence-electron chi connectivity index (χ0n) is 16.0. The first-order valence-electron chi connectivity index (χ1n) is 9.55. The van der Waals surface area contributed by atoms with Crippen LogP contribution >= 0.6 is 0 Å². The van der Waals surface area contributed by atoms with Gasteiger partial charge in [0.15, 0.2) is 5.65 Å².